The molecule has 143 heavy (non-hydrogen) atoms. The number of alkyl carbamates (subject to hydrolysis) is 1. The molecule has 5 heterocycles. The molecule has 29 nitrogen and oxygen atoms in total. The number of nitrogens with one attached hydrogen (secondary N) is 2. The Morgan fingerprint density at radius 3 is 1.34 bits per heavy atom. The van der Waals surface area contributed by atoms with Crippen molar-refractivity contribution in [1.82, 2.24) is 10.6 Å². The highest BCUT2D eigenvalue weighted by atomic mass is 35.6. The van der Waals surface area contributed by atoms with Crippen LogP contribution >= 0.6 is 34.8 Å². The third-order valence-electron chi connectivity index (χ3n) is 25.5. The summed E-state index contributed by atoms with van der Waals surface area (Å²) in [7, 11) is 0. The molecule has 23 atom stereocenters. The largest absolute Gasteiger partial charge is 0.460 e. The number of aliphatic hydroxyl groups is 1. The molecule has 3 N–H and O–H groups in total. The Balaban J connectivity index is 0.760. The zero-order valence-electron chi connectivity index (χ0n) is 78.5. The molecule has 748 valence electrons. The van der Waals surface area contributed by atoms with Gasteiger partial charge in [-0.2, -0.15) is 0 Å². The average molecular weight is 2010 g/mol. The number of carbonyl (C=O) groups excluding carboxylic acids is 3. The summed E-state index contributed by atoms with van der Waals surface area (Å²) in [6.07, 6.45) is -27.4. The first kappa shape index (κ1) is 103. The van der Waals surface area contributed by atoms with Crippen LogP contribution in [0.1, 0.15) is 80.3 Å². The van der Waals surface area contributed by atoms with Crippen molar-refractivity contribution in [2.24, 2.45) is 5.11 Å². The molecule has 0 radical (unpaired) electrons. The minimum absolute atomic E-state index is 0.00284. The van der Waals surface area contributed by atoms with Crippen LogP contribution in [-0.2, 0) is 157 Å². The third kappa shape index (κ3) is 27.5. The third-order valence-corrected chi connectivity index (χ3v) is 26.0. The summed E-state index contributed by atoms with van der Waals surface area (Å²) in [4.78, 5) is 48.0. The Hall–Kier alpha value is -11.2. The van der Waals surface area contributed by atoms with Crippen LogP contribution < -0.4 is 10.6 Å². The number of azide groups is 1. The van der Waals surface area contributed by atoms with Gasteiger partial charge in [0.2, 0.25) is 0 Å². The van der Waals surface area contributed by atoms with E-state index in [1.807, 2.05) is 322 Å². The molecule has 2 unspecified atom stereocenters. The highest BCUT2D eigenvalue weighted by molar-refractivity contribution is 6.76. The van der Waals surface area contributed by atoms with Crippen molar-refractivity contribution in [2.75, 3.05) is 39.6 Å². The number of benzene rings is 11. The van der Waals surface area contributed by atoms with E-state index in [1.54, 1.807) is 0 Å². The monoisotopic (exact) mass is 2010 g/mol. The van der Waals surface area contributed by atoms with Gasteiger partial charge in [0.25, 0.3) is 9.70 Å². The number of carbonyl (C=O) groups is 3. The van der Waals surface area contributed by atoms with Crippen molar-refractivity contribution >= 4 is 52.8 Å². The molecular formula is C111H114Cl3N5O24. The van der Waals surface area contributed by atoms with E-state index in [9.17, 15) is 20.2 Å². The smallest absolute Gasteiger partial charge is 0.407 e. The molecule has 1 aliphatic carbocycles. The molecule has 6 aliphatic rings. The van der Waals surface area contributed by atoms with Crippen LogP contribution in [0.3, 0.4) is 0 Å². The lowest BCUT2D eigenvalue weighted by Crippen LogP contribution is -2.70. The number of hydrogen-bond donors (Lipinski definition) is 3. The molecule has 11 aromatic rings. The molecule has 0 saturated carbocycles. The lowest BCUT2D eigenvalue weighted by molar-refractivity contribution is -0.392. The van der Waals surface area contributed by atoms with Gasteiger partial charge >= 0.3 is 12.1 Å². The van der Waals surface area contributed by atoms with Crippen LogP contribution in [0.4, 0.5) is 4.79 Å². The molecule has 5 fully saturated rings. The molecule has 0 bridgehead atoms. The van der Waals surface area contributed by atoms with Crippen LogP contribution in [0, 0.1) is 0 Å². The molecule has 0 spiro atoms. The number of rotatable bonds is 45. The fraction of sp³-hybridized carbons (Fsp3) is 0.360. The van der Waals surface area contributed by atoms with Crippen molar-refractivity contribution in [3.8, 4) is 11.1 Å². The van der Waals surface area contributed by atoms with Gasteiger partial charge < -0.3 is 110 Å². The first-order valence-electron chi connectivity index (χ1n) is 47.7. The van der Waals surface area contributed by atoms with Gasteiger partial charge in [-0.1, -0.05) is 374 Å². The van der Waals surface area contributed by atoms with Crippen molar-refractivity contribution in [3.63, 3.8) is 0 Å². The summed E-state index contributed by atoms with van der Waals surface area (Å²) in [5.74, 6) is -2.59. The predicted octanol–water partition coefficient (Wildman–Crippen LogP) is 17.7. The number of hydrogen-bond acceptors (Lipinski definition) is 25. The first-order valence-corrected chi connectivity index (χ1v) is 48.8. The Kier molecular flexibility index (Phi) is 37.2. The zero-order valence-corrected chi connectivity index (χ0v) is 80.7. The zero-order chi connectivity index (χ0) is 98.6. The molecular weight excluding hydrogens is 1890 g/mol. The number of amides is 2. The highest BCUT2D eigenvalue weighted by Gasteiger charge is 2.59. The molecule has 17 rings (SSSR count). The van der Waals surface area contributed by atoms with E-state index in [0.29, 0.717) is 5.56 Å². The minimum atomic E-state index is -2.70. The maximum absolute atomic E-state index is 15.1. The number of ether oxygens (including phenoxy) is 20. The SMILES string of the molecule is C=CCOC(=O)[C@@H](NC(=O)OCC1c2ccccc2-c2ccccc21)C(C)O[C@H]1O[C@H](CO[C@@H]2O[C@H](COCc3ccccc3)[C@@H](O[C@@H]3O[C@@H]4COC(c5ccccc5)O[C@@H]4[C@H](OCc4ccccc4)[C@H]3OCc3ccccc3)[C@H](OCc3ccccc3)[C@H]2NC(=O)C(Cl)(Cl)Cl)[C@H](O)[C@H](O[C@@H]2O[C@H](COCc3ccccc3)[C@H](OCc3ccccc3)[C@H](OCc3ccccc3)[C@H]2OCc2ccccc2)[C@H]1N=[N+]=[N-]. The second-order valence-electron chi connectivity index (χ2n) is 35.3. The molecule has 5 saturated heterocycles. The summed E-state index contributed by atoms with van der Waals surface area (Å²) in [5.41, 5.74) is 21.9. The van der Waals surface area contributed by atoms with Crippen LogP contribution in [0.25, 0.3) is 21.6 Å². The van der Waals surface area contributed by atoms with Crippen molar-refractivity contribution in [3.05, 3.63) is 406 Å². The molecule has 11 aromatic carbocycles. The van der Waals surface area contributed by atoms with Gasteiger partial charge in [0.05, 0.1) is 85.4 Å². The van der Waals surface area contributed by atoms with Gasteiger partial charge in [-0.3, -0.25) is 4.79 Å². The van der Waals surface area contributed by atoms with Gasteiger partial charge in [-0.25, -0.2) is 9.59 Å². The van der Waals surface area contributed by atoms with Crippen molar-refractivity contribution in [2.45, 2.75) is 211 Å². The number of esters is 1. The quantitative estimate of drug-likeness (QED) is 0.00797. The Morgan fingerprint density at radius 1 is 0.448 bits per heavy atom. The van der Waals surface area contributed by atoms with E-state index in [2.05, 4.69) is 27.2 Å². The number of aliphatic hydroxyl groups excluding tert-OH is 1. The fourth-order valence-corrected chi connectivity index (χ4v) is 18.6. The average Bonchev–Trinajstić information content (AvgIpc) is 1.64. The fourth-order valence-electron chi connectivity index (χ4n) is 18.4. The number of halogens is 3. The topological polar surface area (TPSA) is 329 Å². The van der Waals surface area contributed by atoms with E-state index in [-0.39, 0.29) is 85.9 Å². The summed E-state index contributed by atoms with van der Waals surface area (Å²) in [5, 5.41) is 23.9. The summed E-state index contributed by atoms with van der Waals surface area (Å²) in [6, 6.07) is 95.7. The van der Waals surface area contributed by atoms with E-state index in [0.717, 1.165) is 66.8 Å². The van der Waals surface area contributed by atoms with Gasteiger partial charge in [0.15, 0.2) is 37.5 Å². The maximum atomic E-state index is 15.1. The minimum Gasteiger partial charge on any atom is -0.460 e. The second-order valence-corrected chi connectivity index (χ2v) is 37.6. The van der Waals surface area contributed by atoms with Crippen LogP contribution in [0.2, 0.25) is 0 Å². The Bertz CT molecular complexity index is 5790. The van der Waals surface area contributed by atoms with Crippen LogP contribution in [0.15, 0.2) is 339 Å². The van der Waals surface area contributed by atoms with Crippen molar-refractivity contribution in [1.29, 1.82) is 0 Å². The van der Waals surface area contributed by atoms with Crippen molar-refractivity contribution < 1.29 is 114 Å². The lowest BCUT2D eigenvalue weighted by Gasteiger charge is -2.52. The molecule has 5 aliphatic heterocycles. The number of fused-ring (bicyclic) bond motifs is 4. The number of nitrogens with zero attached hydrogens (tertiary/aromatic N) is 3. The van der Waals surface area contributed by atoms with E-state index < -0.39 is 175 Å². The second kappa shape index (κ2) is 51.5. The van der Waals surface area contributed by atoms with Gasteiger partial charge in [0.1, 0.15) is 111 Å². The first-order chi connectivity index (χ1) is 70.0. The summed E-state index contributed by atoms with van der Waals surface area (Å²) < 4.78 is 137. The standard InChI is InChI=1S/C111H114Cl3N5O24/c1-3-57-126-103(121)90(117-110(123)135-66-85-83-55-33-31-53-81(83)82-54-32-34-56-84(82)85)71(2)136-106-92(118-119-115)97(143-108-101(131-64-78-47-25-10-26-48-78)99(129-62-76-43-21-8-22-44-76)94(127-60-74-39-17-6-18-40-74)87(139-108)67-124-58-72-35-13-4-14-36-72)93(120)86(137-106)69-134-105-91(116-109(122)111(112,113)114)98(128-61-75-41-19-7-20-42-75)95(88(138-105)68-125-59-73-37-15-5-16-38-73)142-107-102(132-65-79-49-27-11-28-50-79)100(130-63-77-45-23-9-24-46-77)96-89(140-107)70-133-104(141-96)80-51-29-12-30-52-80/h3-56,71,85-102,104-108,120H,1,57-70H2,2H3,(H,116,122)(H,117,123)/t71?,86-,87-,88-,89-,90+,91-,92-,93+,94+,95-,96+,97-,98-,99+,100+,101-,102-,104?,105-,106+,107+,108+/m1/s1. The Morgan fingerprint density at radius 2 is 0.853 bits per heavy atom. The van der Waals surface area contributed by atoms with Gasteiger partial charge in [-0.15, -0.1) is 0 Å². The van der Waals surface area contributed by atoms with E-state index in [1.165, 1.54) is 13.0 Å². The summed E-state index contributed by atoms with van der Waals surface area (Å²) >= 11 is 20.1. The van der Waals surface area contributed by atoms with Crippen LogP contribution in [0.5, 0.6) is 0 Å². The predicted molar refractivity (Wildman–Crippen MR) is 528 cm³/mol. The van der Waals surface area contributed by atoms with E-state index >= 15 is 4.79 Å². The molecule has 0 aromatic heterocycles. The maximum Gasteiger partial charge on any atom is 0.407 e. The van der Waals surface area contributed by atoms with Crippen LogP contribution in [-0.4, -0.2) is 201 Å². The van der Waals surface area contributed by atoms with Gasteiger partial charge in [0, 0.05) is 16.4 Å². The normalized spacial score (nSPS) is 26.1. The molecule has 32 heteroatoms. The Labute approximate surface area is 844 Å². The molecule has 2 amide bonds. The number of alkyl halides is 3. The summed E-state index contributed by atoms with van der Waals surface area (Å²) in [6.45, 7) is 3.51. The van der Waals surface area contributed by atoms with Gasteiger partial charge in [-0.05, 0) is 79.2 Å². The lowest BCUT2D eigenvalue weighted by atomic mass is 9.94. The highest BCUT2D eigenvalue weighted by Crippen LogP contribution is 2.47. The van der Waals surface area contributed by atoms with E-state index in [4.69, 9.17) is 130 Å².